The van der Waals surface area contributed by atoms with E-state index in [0.717, 1.165) is 4.90 Å². The maximum atomic E-state index is 13.4. The minimum absolute atomic E-state index is 0.0397. The summed E-state index contributed by atoms with van der Waals surface area (Å²) in [5, 5.41) is 9.51. The number of hydrogen-bond acceptors (Lipinski definition) is 4. The van der Waals surface area contributed by atoms with Crippen LogP contribution < -0.4 is 16.0 Å². The van der Waals surface area contributed by atoms with Gasteiger partial charge in [0.25, 0.3) is 11.8 Å². The van der Waals surface area contributed by atoms with Crippen molar-refractivity contribution in [2.45, 2.75) is 4.90 Å². The van der Waals surface area contributed by atoms with Crippen molar-refractivity contribution in [1.82, 2.24) is 5.32 Å². The monoisotopic (exact) mass is 643 g/mol. The second-order valence-corrected chi connectivity index (χ2v) is 11.1. The largest absolute Gasteiger partial charge is 0.325 e. The summed E-state index contributed by atoms with van der Waals surface area (Å²) in [7, 11) is 0. The first kappa shape index (κ1) is 30.5. The number of thioether (sulfide) groups is 1. The highest BCUT2D eigenvalue weighted by Gasteiger charge is 2.17. The van der Waals surface area contributed by atoms with Crippen LogP contribution in [0.1, 0.15) is 15.9 Å². The van der Waals surface area contributed by atoms with Gasteiger partial charge in [0, 0.05) is 21.8 Å². The lowest BCUT2D eigenvalue weighted by molar-refractivity contribution is -0.114. The summed E-state index contributed by atoms with van der Waals surface area (Å²) in [6.45, 7) is 0. The van der Waals surface area contributed by atoms with E-state index in [9.17, 15) is 14.4 Å². The molecule has 0 saturated heterocycles. The van der Waals surface area contributed by atoms with Gasteiger partial charge < -0.3 is 16.0 Å². The number of rotatable bonds is 9. The first-order chi connectivity index (χ1) is 19.7. The lowest BCUT2D eigenvalue weighted by Crippen LogP contribution is -2.30. The van der Waals surface area contributed by atoms with E-state index in [-0.39, 0.29) is 22.4 Å². The van der Waals surface area contributed by atoms with E-state index in [4.69, 9.17) is 46.4 Å². The lowest BCUT2D eigenvalue weighted by Gasteiger charge is -2.13. The minimum atomic E-state index is -0.579. The standard InChI is InChI=1S/C30H21Cl4N3O3S/c31-23-13-12-21(16-25(23)33)35-27(38)17-41-22-10-5-9-20(15-22)36-30(40)26(14-19-8-4-11-24(32)28(19)34)37-29(39)18-6-2-1-3-7-18/h1-16H,17H2,(H,35,38)(H,36,40)(H,37,39)/b26-14+. The van der Waals surface area contributed by atoms with Crippen LogP contribution in [0.4, 0.5) is 11.4 Å². The van der Waals surface area contributed by atoms with Crippen LogP contribution in [0.2, 0.25) is 20.1 Å². The van der Waals surface area contributed by atoms with E-state index in [1.807, 2.05) is 6.07 Å². The van der Waals surface area contributed by atoms with E-state index >= 15 is 0 Å². The molecular formula is C30H21Cl4N3O3S. The zero-order valence-electron chi connectivity index (χ0n) is 21.1. The summed E-state index contributed by atoms with van der Waals surface area (Å²) in [4.78, 5) is 39.4. The van der Waals surface area contributed by atoms with Crippen molar-refractivity contribution in [1.29, 1.82) is 0 Å². The minimum Gasteiger partial charge on any atom is -0.325 e. The fraction of sp³-hybridized carbons (Fsp3) is 0.0333. The Morgan fingerprint density at radius 2 is 1.44 bits per heavy atom. The number of hydrogen-bond donors (Lipinski definition) is 3. The van der Waals surface area contributed by atoms with Crippen molar-refractivity contribution in [2.24, 2.45) is 0 Å². The summed E-state index contributed by atoms with van der Waals surface area (Å²) in [6.07, 6.45) is 1.45. The Balaban J connectivity index is 1.47. The third-order valence-electron chi connectivity index (χ3n) is 5.48. The number of carbonyl (C=O) groups is 3. The molecule has 11 heteroatoms. The Labute approximate surface area is 261 Å². The molecule has 0 heterocycles. The molecule has 0 spiro atoms. The topological polar surface area (TPSA) is 87.3 Å². The molecule has 208 valence electrons. The van der Waals surface area contributed by atoms with Crippen LogP contribution in [0.3, 0.4) is 0 Å². The Kier molecular flexibility index (Phi) is 10.7. The first-order valence-electron chi connectivity index (χ1n) is 12.0. The fourth-order valence-electron chi connectivity index (χ4n) is 3.51. The van der Waals surface area contributed by atoms with Crippen LogP contribution in [0.5, 0.6) is 0 Å². The molecule has 4 aromatic rings. The predicted octanol–water partition coefficient (Wildman–Crippen LogP) is 8.44. The summed E-state index contributed by atoms with van der Waals surface area (Å²) >= 11 is 25.7. The van der Waals surface area contributed by atoms with Gasteiger partial charge in [-0.1, -0.05) is 82.8 Å². The summed E-state index contributed by atoms with van der Waals surface area (Å²) < 4.78 is 0. The maximum Gasteiger partial charge on any atom is 0.272 e. The number of halogens is 4. The highest BCUT2D eigenvalue weighted by atomic mass is 35.5. The van der Waals surface area contributed by atoms with E-state index in [1.54, 1.807) is 84.9 Å². The number of amides is 3. The normalized spacial score (nSPS) is 11.1. The van der Waals surface area contributed by atoms with E-state index in [2.05, 4.69) is 16.0 Å². The van der Waals surface area contributed by atoms with Gasteiger partial charge in [0.05, 0.1) is 25.8 Å². The summed E-state index contributed by atoms with van der Waals surface area (Å²) in [5.74, 6) is -1.18. The molecule has 0 aliphatic carbocycles. The molecule has 0 bridgehead atoms. The second-order valence-electron chi connectivity index (χ2n) is 8.47. The van der Waals surface area contributed by atoms with E-state index < -0.39 is 11.8 Å². The van der Waals surface area contributed by atoms with Crippen molar-refractivity contribution in [3.63, 3.8) is 0 Å². The SMILES string of the molecule is O=C(CSc1cccc(NC(=O)/C(=C\c2cccc(Cl)c2Cl)NC(=O)c2ccccc2)c1)Nc1ccc(Cl)c(Cl)c1. The van der Waals surface area contributed by atoms with Gasteiger partial charge in [-0.3, -0.25) is 14.4 Å². The molecule has 3 amide bonds. The molecule has 0 unspecified atom stereocenters. The molecule has 4 aromatic carbocycles. The summed E-state index contributed by atoms with van der Waals surface area (Å²) in [5.41, 5.74) is 1.78. The zero-order valence-corrected chi connectivity index (χ0v) is 24.9. The smallest absolute Gasteiger partial charge is 0.272 e. The van der Waals surface area contributed by atoms with Gasteiger partial charge >= 0.3 is 0 Å². The number of benzene rings is 4. The number of carbonyl (C=O) groups excluding carboxylic acids is 3. The molecule has 41 heavy (non-hydrogen) atoms. The Bertz CT molecular complexity index is 1630. The average Bonchev–Trinajstić information content (AvgIpc) is 2.96. The molecule has 0 fully saturated rings. The van der Waals surface area contributed by atoms with Gasteiger partial charge in [0.1, 0.15) is 5.70 Å². The van der Waals surface area contributed by atoms with Crippen LogP contribution >= 0.6 is 58.2 Å². The molecule has 0 aliphatic heterocycles. The van der Waals surface area contributed by atoms with E-state index in [0.29, 0.717) is 37.6 Å². The molecule has 6 nitrogen and oxygen atoms in total. The molecule has 0 atom stereocenters. The quantitative estimate of drug-likeness (QED) is 0.126. The molecular weight excluding hydrogens is 624 g/mol. The molecule has 0 aliphatic rings. The van der Waals surface area contributed by atoms with Crippen molar-refractivity contribution >= 4 is 93.3 Å². The Morgan fingerprint density at radius 3 is 2.20 bits per heavy atom. The Hall–Kier alpha value is -3.46. The van der Waals surface area contributed by atoms with E-state index in [1.165, 1.54) is 17.8 Å². The second kappa shape index (κ2) is 14.4. The van der Waals surface area contributed by atoms with Gasteiger partial charge in [-0.15, -0.1) is 11.8 Å². The molecule has 3 N–H and O–H groups in total. The molecule has 0 aromatic heterocycles. The van der Waals surface area contributed by atoms with Crippen LogP contribution in [0.25, 0.3) is 6.08 Å². The molecule has 0 saturated carbocycles. The summed E-state index contributed by atoms with van der Waals surface area (Å²) in [6, 6.07) is 25.3. The van der Waals surface area contributed by atoms with Crippen LogP contribution in [0, 0.1) is 0 Å². The predicted molar refractivity (Wildman–Crippen MR) is 169 cm³/mol. The van der Waals surface area contributed by atoms with Gasteiger partial charge in [-0.25, -0.2) is 0 Å². The maximum absolute atomic E-state index is 13.4. The number of anilines is 2. The highest BCUT2D eigenvalue weighted by molar-refractivity contribution is 8.00. The van der Waals surface area contributed by atoms with Gasteiger partial charge in [0.15, 0.2) is 0 Å². The van der Waals surface area contributed by atoms with Crippen LogP contribution in [-0.4, -0.2) is 23.5 Å². The van der Waals surface area contributed by atoms with Crippen molar-refractivity contribution in [3.8, 4) is 0 Å². The third kappa shape index (κ3) is 8.76. The van der Waals surface area contributed by atoms with Crippen molar-refractivity contribution < 1.29 is 14.4 Å². The van der Waals surface area contributed by atoms with Gasteiger partial charge in [-0.05, 0) is 66.2 Å². The van der Waals surface area contributed by atoms with Gasteiger partial charge in [0.2, 0.25) is 5.91 Å². The van der Waals surface area contributed by atoms with Crippen LogP contribution in [0.15, 0.2) is 102 Å². The molecule has 0 radical (unpaired) electrons. The number of nitrogens with one attached hydrogen (secondary N) is 3. The van der Waals surface area contributed by atoms with Crippen molar-refractivity contribution in [2.75, 3.05) is 16.4 Å². The fourth-order valence-corrected chi connectivity index (χ4v) is 4.93. The molecule has 4 rings (SSSR count). The van der Waals surface area contributed by atoms with Crippen molar-refractivity contribution in [3.05, 3.63) is 128 Å². The van der Waals surface area contributed by atoms with Gasteiger partial charge in [-0.2, -0.15) is 0 Å². The highest BCUT2D eigenvalue weighted by Crippen LogP contribution is 2.28. The first-order valence-corrected chi connectivity index (χ1v) is 14.5. The zero-order chi connectivity index (χ0) is 29.4. The lowest BCUT2D eigenvalue weighted by atomic mass is 10.1. The Morgan fingerprint density at radius 1 is 0.707 bits per heavy atom. The third-order valence-corrected chi connectivity index (χ3v) is 8.04. The van der Waals surface area contributed by atoms with Crippen LogP contribution in [-0.2, 0) is 9.59 Å². The average molecular weight is 645 g/mol.